The van der Waals surface area contributed by atoms with E-state index in [-0.39, 0.29) is 5.91 Å². The predicted molar refractivity (Wildman–Crippen MR) is 71.0 cm³/mol. The first-order valence-electron chi connectivity index (χ1n) is 5.86. The molecule has 0 aliphatic rings. The minimum Gasteiger partial charge on any atom is -0.365 e. The first kappa shape index (κ1) is 13.5. The van der Waals surface area contributed by atoms with E-state index < -0.39 is 0 Å². The van der Waals surface area contributed by atoms with Crippen molar-refractivity contribution in [1.82, 2.24) is 5.32 Å². The number of aryl methyl sites for hydroxylation is 1. The molecule has 94 valence electrons. The molecule has 1 aromatic carbocycles. The quantitative estimate of drug-likeness (QED) is 0.801. The largest absolute Gasteiger partial charge is 0.365 e. The zero-order valence-electron chi connectivity index (χ0n) is 10.8. The van der Waals surface area contributed by atoms with Crippen LogP contribution in [0.25, 0.3) is 0 Å². The van der Waals surface area contributed by atoms with E-state index in [1.807, 2.05) is 37.9 Å². The number of nitrogens with one attached hydrogen (secondary N) is 1. The van der Waals surface area contributed by atoms with Crippen LogP contribution in [-0.2, 0) is 11.3 Å². The summed E-state index contributed by atoms with van der Waals surface area (Å²) in [5.41, 5.74) is 8.90. The highest BCUT2D eigenvalue weighted by atomic mass is 16.1. The highest BCUT2D eigenvalue weighted by molar-refractivity contribution is 5.81. The molecule has 1 rings (SSSR count). The Morgan fingerprint density at radius 2 is 2.18 bits per heavy atom. The summed E-state index contributed by atoms with van der Waals surface area (Å²) >= 11 is 0. The molecule has 0 spiro atoms. The zero-order valence-corrected chi connectivity index (χ0v) is 10.8. The Balaban J connectivity index is 2.75. The summed E-state index contributed by atoms with van der Waals surface area (Å²) in [6.45, 7) is 5.53. The number of carbonyl (C=O) groups is 1. The molecule has 0 unspecified atom stereocenters. The highest BCUT2D eigenvalue weighted by Gasteiger charge is 2.08. The van der Waals surface area contributed by atoms with Crippen molar-refractivity contribution in [2.75, 3.05) is 25.0 Å². The van der Waals surface area contributed by atoms with Gasteiger partial charge in [-0.3, -0.25) is 4.79 Å². The maximum atomic E-state index is 11.5. The molecule has 0 heterocycles. The monoisotopic (exact) mass is 235 g/mol. The molecule has 0 bridgehead atoms. The van der Waals surface area contributed by atoms with E-state index in [1.54, 1.807) is 0 Å². The molecule has 0 radical (unpaired) electrons. The number of anilines is 1. The standard InChI is InChI=1S/C13H21N3O/c1-4-15-13(17)9-16(3)12-6-5-11(8-14)7-10(12)2/h5-7H,4,8-9,14H2,1-3H3,(H,15,17). The van der Waals surface area contributed by atoms with Gasteiger partial charge in [0.1, 0.15) is 0 Å². The zero-order chi connectivity index (χ0) is 12.8. The third-order valence-electron chi connectivity index (χ3n) is 2.66. The number of rotatable bonds is 5. The number of carbonyl (C=O) groups excluding carboxylic acids is 1. The van der Waals surface area contributed by atoms with Crippen LogP contribution in [0.1, 0.15) is 18.1 Å². The van der Waals surface area contributed by atoms with E-state index in [4.69, 9.17) is 5.73 Å². The van der Waals surface area contributed by atoms with Gasteiger partial charge in [0, 0.05) is 25.8 Å². The van der Waals surface area contributed by atoms with Gasteiger partial charge < -0.3 is 16.0 Å². The Bertz CT molecular complexity index is 390. The molecule has 1 aromatic rings. The first-order chi connectivity index (χ1) is 8.08. The lowest BCUT2D eigenvalue weighted by Gasteiger charge is -2.21. The van der Waals surface area contributed by atoms with Gasteiger partial charge in [-0.15, -0.1) is 0 Å². The molecular formula is C13H21N3O. The van der Waals surface area contributed by atoms with Crippen molar-refractivity contribution < 1.29 is 4.79 Å². The molecule has 4 heteroatoms. The topological polar surface area (TPSA) is 58.4 Å². The first-order valence-corrected chi connectivity index (χ1v) is 5.86. The van der Waals surface area contributed by atoms with Crippen LogP contribution >= 0.6 is 0 Å². The van der Waals surface area contributed by atoms with Crippen LogP contribution in [0.4, 0.5) is 5.69 Å². The third kappa shape index (κ3) is 3.75. The third-order valence-corrected chi connectivity index (χ3v) is 2.66. The number of likely N-dealkylation sites (N-methyl/N-ethyl adjacent to an activating group) is 2. The van der Waals surface area contributed by atoms with Gasteiger partial charge in [-0.1, -0.05) is 12.1 Å². The van der Waals surface area contributed by atoms with E-state index in [0.717, 1.165) is 16.8 Å². The van der Waals surface area contributed by atoms with E-state index in [2.05, 4.69) is 11.4 Å². The molecule has 4 nitrogen and oxygen atoms in total. The summed E-state index contributed by atoms with van der Waals surface area (Å²) in [6.07, 6.45) is 0. The fraction of sp³-hybridized carbons (Fsp3) is 0.462. The molecular weight excluding hydrogens is 214 g/mol. The molecule has 0 saturated heterocycles. The van der Waals surface area contributed by atoms with Crippen molar-refractivity contribution in [3.63, 3.8) is 0 Å². The van der Waals surface area contributed by atoms with Crippen molar-refractivity contribution >= 4 is 11.6 Å². The summed E-state index contributed by atoms with van der Waals surface area (Å²) in [5, 5.41) is 2.79. The molecule has 0 atom stereocenters. The fourth-order valence-corrected chi connectivity index (χ4v) is 1.83. The SMILES string of the molecule is CCNC(=O)CN(C)c1ccc(CN)cc1C. The number of benzene rings is 1. The second kappa shape index (κ2) is 6.25. The van der Waals surface area contributed by atoms with Crippen molar-refractivity contribution in [3.05, 3.63) is 29.3 Å². The van der Waals surface area contributed by atoms with Crippen LogP contribution in [0, 0.1) is 6.92 Å². The maximum Gasteiger partial charge on any atom is 0.239 e. The van der Waals surface area contributed by atoms with Crippen molar-refractivity contribution in [2.24, 2.45) is 5.73 Å². The molecule has 0 fully saturated rings. The number of nitrogens with two attached hydrogens (primary N) is 1. The number of hydrogen-bond acceptors (Lipinski definition) is 3. The summed E-state index contributed by atoms with van der Waals surface area (Å²) in [4.78, 5) is 13.4. The fourth-order valence-electron chi connectivity index (χ4n) is 1.83. The van der Waals surface area contributed by atoms with Crippen LogP contribution in [0.15, 0.2) is 18.2 Å². The van der Waals surface area contributed by atoms with Crippen LogP contribution in [0.2, 0.25) is 0 Å². The Morgan fingerprint density at radius 1 is 1.47 bits per heavy atom. The number of amides is 1. The second-order valence-electron chi connectivity index (χ2n) is 4.13. The van der Waals surface area contributed by atoms with E-state index >= 15 is 0 Å². The van der Waals surface area contributed by atoms with Gasteiger partial charge in [0.2, 0.25) is 5.91 Å². The lowest BCUT2D eigenvalue weighted by atomic mass is 10.1. The van der Waals surface area contributed by atoms with Crippen LogP contribution in [0.5, 0.6) is 0 Å². The Hall–Kier alpha value is -1.55. The van der Waals surface area contributed by atoms with Gasteiger partial charge >= 0.3 is 0 Å². The van der Waals surface area contributed by atoms with Crippen LogP contribution in [0.3, 0.4) is 0 Å². The van der Waals surface area contributed by atoms with Crippen molar-refractivity contribution in [3.8, 4) is 0 Å². The van der Waals surface area contributed by atoms with Gasteiger partial charge in [0.05, 0.1) is 6.54 Å². The molecule has 17 heavy (non-hydrogen) atoms. The smallest absolute Gasteiger partial charge is 0.239 e. The van der Waals surface area contributed by atoms with Gasteiger partial charge in [-0.25, -0.2) is 0 Å². The average molecular weight is 235 g/mol. The molecule has 0 aliphatic carbocycles. The van der Waals surface area contributed by atoms with Gasteiger partial charge in [0.15, 0.2) is 0 Å². The molecule has 0 aliphatic heterocycles. The molecule has 0 aromatic heterocycles. The molecule has 3 N–H and O–H groups in total. The van der Waals surface area contributed by atoms with Gasteiger partial charge in [-0.05, 0) is 31.0 Å². The van der Waals surface area contributed by atoms with E-state index in [9.17, 15) is 4.79 Å². The minimum absolute atomic E-state index is 0.0392. The van der Waals surface area contributed by atoms with Crippen molar-refractivity contribution in [2.45, 2.75) is 20.4 Å². The summed E-state index contributed by atoms with van der Waals surface area (Å²) in [7, 11) is 1.92. The van der Waals surface area contributed by atoms with E-state index in [1.165, 1.54) is 0 Å². The Morgan fingerprint density at radius 3 is 2.71 bits per heavy atom. The van der Waals surface area contributed by atoms with Gasteiger partial charge in [-0.2, -0.15) is 0 Å². The Labute approximate surface area is 103 Å². The maximum absolute atomic E-state index is 11.5. The van der Waals surface area contributed by atoms with Crippen LogP contribution < -0.4 is 16.0 Å². The minimum atomic E-state index is 0.0392. The second-order valence-corrected chi connectivity index (χ2v) is 4.13. The summed E-state index contributed by atoms with van der Waals surface area (Å²) in [6, 6.07) is 6.07. The lowest BCUT2D eigenvalue weighted by molar-refractivity contribution is -0.119. The number of nitrogens with zero attached hydrogens (tertiary/aromatic N) is 1. The van der Waals surface area contributed by atoms with Gasteiger partial charge in [0.25, 0.3) is 0 Å². The molecule has 0 saturated carbocycles. The average Bonchev–Trinajstić information content (AvgIpc) is 2.28. The lowest BCUT2D eigenvalue weighted by Crippen LogP contribution is -2.35. The predicted octanol–water partition coefficient (Wildman–Crippen LogP) is 1.03. The highest BCUT2D eigenvalue weighted by Crippen LogP contribution is 2.19. The summed E-state index contributed by atoms with van der Waals surface area (Å²) < 4.78 is 0. The number of hydrogen-bond donors (Lipinski definition) is 2. The summed E-state index contributed by atoms with van der Waals surface area (Å²) in [5.74, 6) is 0.0392. The van der Waals surface area contributed by atoms with Crippen LogP contribution in [-0.4, -0.2) is 26.0 Å². The normalized spacial score (nSPS) is 10.1. The Kier molecular flexibility index (Phi) is 4.97. The van der Waals surface area contributed by atoms with E-state index in [0.29, 0.717) is 19.6 Å². The molecule has 1 amide bonds. The van der Waals surface area contributed by atoms with Crippen molar-refractivity contribution in [1.29, 1.82) is 0 Å².